The van der Waals surface area contributed by atoms with Crippen LogP contribution in [-0.4, -0.2) is 80.8 Å². The van der Waals surface area contributed by atoms with Gasteiger partial charge < -0.3 is 35.9 Å². The number of thiol groups is 1. The fraction of sp³-hybridized carbons (Fsp3) is 0.278. The molecule has 21 heteroatoms. The molecule has 0 atom stereocenters. The number of carbonyl (C=O) groups is 4. The highest BCUT2D eigenvalue weighted by Crippen LogP contribution is 2.35. The van der Waals surface area contributed by atoms with Crippen molar-refractivity contribution in [2.24, 2.45) is 0 Å². The van der Waals surface area contributed by atoms with Crippen LogP contribution >= 0.6 is 35.3 Å². The largest absolute Gasteiger partial charge is 0.465 e. The van der Waals surface area contributed by atoms with E-state index in [4.69, 9.17) is 15.2 Å². The van der Waals surface area contributed by atoms with Gasteiger partial charge in [-0.25, -0.2) is 14.0 Å². The van der Waals surface area contributed by atoms with Gasteiger partial charge in [0.2, 0.25) is 0 Å². The minimum Gasteiger partial charge on any atom is -0.465 e. The molecular formula is C36H41FN6O11S3. The first-order valence-corrected chi connectivity index (χ1v) is 19.0. The summed E-state index contributed by atoms with van der Waals surface area (Å²) >= 11 is 6.35. The number of nitrogens with two attached hydrogens (primary N) is 1. The van der Waals surface area contributed by atoms with Gasteiger partial charge in [-0.15, -0.1) is 22.7 Å². The van der Waals surface area contributed by atoms with Gasteiger partial charge >= 0.3 is 17.9 Å². The van der Waals surface area contributed by atoms with E-state index in [-0.39, 0.29) is 46.6 Å². The Morgan fingerprint density at radius 2 is 1.18 bits per heavy atom. The topological polar surface area (TPSA) is 244 Å². The standard InChI is InChI=1S/C12H12N2O4S.C12H14N2O2S.C8H7FN2O3.C4H8O2S/c1-3-18-12(15)11-5-7-4-9(14(16)17)8(13-2)6-10(7)19-11;1-3-16-12(15)11-5-7-4-8(13)9(14-2)6-10(7)17-11;1-10-7-3-6(9)5(4-12)2-8(7)11(13)14;1-2-6-4(5)3-7/h4-6,13H,3H2,1-2H3;4-6,14H,3,13H2,1-2H3;2-4,10H,1H3;7H,2-3H2,1H3. The van der Waals surface area contributed by atoms with Gasteiger partial charge in [0.25, 0.3) is 11.4 Å². The summed E-state index contributed by atoms with van der Waals surface area (Å²) in [4.78, 5) is 65.0. The zero-order chi connectivity index (χ0) is 42.8. The number of ether oxygens (including phenoxy) is 3. The lowest BCUT2D eigenvalue weighted by Crippen LogP contribution is -2.03. The number of esters is 3. The van der Waals surface area contributed by atoms with Crippen molar-refractivity contribution >= 4 is 114 Å². The number of anilines is 4. The maximum absolute atomic E-state index is 13.0. The van der Waals surface area contributed by atoms with E-state index in [0.717, 1.165) is 32.6 Å². The van der Waals surface area contributed by atoms with E-state index in [1.165, 1.54) is 35.8 Å². The number of nitro benzene ring substituents is 2. The highest BCUT2D eigenvalue weighted by atomic mass is 32.1. The third kappa shape index (κ3) is 13.3. The maximum atomic E-state index is 13.0. The fourth-order valence-corrected chi connectivity index (χ4v) is 6.63. The van der Waals surface area contributed by atoms with Crippen molar-refractivity contribution in [3.8, 4) is 0 Å². The molecule has 57 heavy (non-hydrogen) atoms. The second-order valence-corrected chi connectivity index (χ2v) is 13.3. The van der Waals surface area contributed by atoms with E-state index in [0.29, 0.717) is 46.3 Å². The lowest BCUT2D eigenvalue weighted by molar-refractivity contribution is -0.384. The van der Waals surface area contributed by atoms with Crippen LogP contribution in [0.15, 0.2) is 48.5 Å². The van der Waals surface area contributed by atoms with Crippen molar-refractivity contribution in [2.75, 3.05) is 68.4 Å². The van der Waals surface area contributed by atoms with Crippen molar-refractivity contribution in [1.29, 1.82) is 0 Å². The molecule has 0 saturated heterocycles. The molecule has 0 aliphatic heterocycles. The van der Waals surface area contributed by atoms with Gasteiger partial charge in [-0.3, -0.25) is 29.8 Å². The molecule has 0 spiro atoms. The molecule has 0 aliphatic rings. The third-order valence-corrected chi connectivity index (χ3v) is 9.57. The molecule has 0 fully saturated rings. The molecule has 5 N–H and O–H groups in total. The first-order chi connectivity index (χ1) is 27.1. The Kier molecular flexibility index (Phi) is 19.1. The summed E-state index contributed by atoms with van der Waals surface area (Å²) in [7, 11) is 4.87. The summed E-state index contributed by atoms with van der Waals surface area (Å²) in [6, 6.07) is 12.2. The van der Waals surface area contributed by atoms with Gasteiger partial charge in [0.1, 0.15) is 26.9 Å². The van der Waals surface area contributed by atoms with Gasteiger partial charge in [0, 0.05) is 54.1 Å². The molecule has 0 radical (unpaired) electrons. The zero-order valence-electron chi connectivity index (χ0n) is 31.6. The fourth-order valence-electron chi connectivity index (χ4n) is 4.58. The van der Waals surface area contributed by atoms with Crippen LogP contribution in [0, 0.1) is 26.0 Å². The summed E-state index contributed by atoms with van der Waals surface area (Å²) in [5.74, 6) is -1.55. The summed E-state index contributed by atoms with van der Waals surface area (Å²) in [5, 5.41) is 31.3. The van der Waals surface area contributed by atoms with E-state index in [1.807, 2.05) is 25.2 Å². The smallest absolute Gasteiger partial charge is 0.348 e. The van der Waals surface area contributed by atoms with Crippen LogP contribution in [0.1, 0.15) is 50.5 Å². The summed E-state index contributed by atoms with van der Waals surface area (Å²) in [5.41, 5.74) is 7.22. The van der Waals surface area contributed by atoms with Crippen LogP contribution in [-0.2, 0) is 19.0 Å². The van der Waals surface area contributed by atoms with Crippen LogP contribution in [0.4, 0.5) is 38.5 Å². The van der Waals surface area contributed by atoms with Crippen molar-refractivity contribution in [1.82, 2.24) is 0 Å². The number of nitrogens with zero attached hydrogens (tertiary/aromatic N) is 2. The number of nitrogens with one attached hydrogen (secondary N) is 3. The van der Waals surface area contributed by atoms with Crippen LogP contribution in [0.3, 0.4) is 0 Å². The molecule has 0 amide bonds. The van der Waals surface area contributed by atoms with E-state index in [2.05, 4.69) is 33.3 Å². The summed E-state index contributed by atoms with van der Waals surface area (Å²) in [6.07, 6.45) is 0.238. The molecule has 0 unspecified atom stereocenters. The molecule has 5 rings (SSSR count). The molecule has 2 heterocycles. The molecule has 0 bridgehead atoms. The molecule has 306 valence electrons. The highest BCUT2D eigenvalue weighted by molar-refractivity contribution is 7.81. The van der Waals surface area contributed by atoms with Gasteiger partial charge in [-0.05, 0) is 56.5 Å². The average molecular weight is 849 g/mol. The van der Waals surface area contributed by atoms with Gasteiger partial charge in [0.15, 0.2) is 6.29 Å². The lowest BCUT2D eigenvalue weighted by Gasteiger charge is -2.03. The second-order valence-electron chi connectivity index (χ2n) is 10.8. The number of carbonyl (C=O) groups excluding carboxylic acids is 4. The van der Waals surface area contributed by atoms with Gasteiger partial charge in [-0.2, -0.15) is 12.6 Å². The number of rotatable bonds is 12. The Labute approximate surface area is 339 Å². The number of fused-ring (bicyclic) bond motifs is 2. The highest BCUT2D eigenvalue weighted by Gasteiger charge is 2.19. The number of nitro groups is 2. The molecular weight excluding hydrogens is 808 g/mol. The van der Waals surface area contributed by atoms with Crippen LogP contribution < -0.4 is 21.7 Å². The SMILES string of the molecule is CCOC(=O)CS.CCOC(=O)c1cc2cc(N)c(NC)cc2s1.CCOC(=O)c1cc2cc([N+](=O)[O-])c(NC)cc2s1.CNc1cc(F)c(C=O)cc1[N+](=O)[O-]. The first-order valence-electron chi connectivity index (χ1n) is 16.7. The second kappa shape index (κ2) is 23.1. The Hall–Kier alpha value is -6.06. The zero-order valence-corrected chi connectivity index (χ0v) is 34.2. The summed E-state index contributed by atoms with van der Waals surface area (Å²) < 4.78 is 29.2. The number of nitrogen functional groups attached to an aromatic ring is 1. The minimum atomic E-state index is -0.782. The number of halogens is 1. The number of benzene rings is 3. The van der Waals surface area contributed by atoms with Crippen molar-refractivity contribution < 1.29 is 47.6 Å². The van der Waals surface area contributed by atoms with Crippen LogP contribution in [0.25, 0.3) is 20.2 Å². The van der Waals surface area contributed by atoms with Gasteiger partial charge in [0.05, 0.1) is 52.4 Å². The lowest BCUT2D eigenvalue weighted by atomic mass is 10.2. The predicted octanol–water partition coefficient (Wildman–Crippen LogP) is 7.80. The van der Waals surface area contributed by atoms with Crippen LogP contribution in [0.5, 0.6) is 0 Å². The maximum Gasteiger partial charge on any atom is 0.348 e. The Bertz CT molecular complexity index is 2230. The quantitative estimate of drug-likeness (QED) is 0.0153. The predicted molar refractivity (Wildman–Crippen MR) is 224 cm³/mol. The Morgan fingerprint density at radius 1 is 0.737 bits per heavy atom. The van der Waals surface area contributed by atoms with E-state index < -0.39 is 21.6 Å². The molecule has 17 nitrogen and oxygen atoms in total. The van der Waals surface area contributed by atoms with E-state index in [9.17, 15) is 43.8 Å². The number of hydrogen-bond acceptors (Lipinski definition) is 18. The van der Waals surface area contributed by atoms with Crippen molar-refractivity contribution in [2.45, 2.75) is 20.8 Å². The Morgan fingerprint density at radius 3 is 1.58 bits per heavy atom. The van der Waals surface area contributed by atoms with E-state index in [1.54, 1.807) is 40.0 Å². The molecule has 5 aromatic rings. The first kappa shape index (κ1) is 47.1. The molecule has 0 saturated carbocycles. The normalized spacial score (nSPS) is 9.96. The molecule has 2 aromatic heterocycles. The number of hydrogen-bond donors (Lipinski definition) is 5. The van der Waals surface area contributed by atoms with E-state index >= 15 is 0 Å². The number of aldehydes is 1. The monoisotopic (exact) mass is 848 g/mol. The average Bonchev–Trinajstić information content (AvgIpc) is 3.81. The molecule has 0 aliphatic carbocycles. The summed E-state index contributed by atoms with van der Waals surface area (Å²) in [6.45, 7) is 6.42. The third-order valence-electron chi connectivity index (χ3n) is 7.15. The minimum absolute atomic E-state index is 0.0109. The van der Waals surface area contributed by atoms with Crippen molar-refractivity contribution in [3.05, 3.63) is 89.9 Å². The van der Waals surface area contributed by atoms with Crippen LogP contribution in [0.2, 0.25) is 0 Å². The molecule has 3 aromatic carbocycles. The van der Waals surface area contributed by atoms with Gasteiger partial charge in [-0.1, -0.05) is 0 Å². The number of thiophene rings is 2. The van der Waals surface area contributed by atoms with Crippen molar-refractivity contribution in [3.63, 3.8) is 0 Å². The Balaban J connectivity index is 0.000000275.